The van der Waals surface area contributed by atoms with E-state index in [1.165, 1.54) is 16.1 Å². The summed E-state index contributed by atoms with van der Waals surface area (Å²) in [6, 6.07) is 12.7. The van der Waals surface area contributed by atoms with Crippen molar-refractivity contribution < 1.29 is 4.79 Å². The zero-order valence-electron chi connectivity index (χ0n) is 14.7. The second-order valence-corrected chi connectivity index (χ2v) is 9.13. The predicted octanol–water partition coefficient (Wildman–Crippen LogP) is 3.60. The molecule has 1 aliphatic rings. The number of carbonyl (C=O) groups excluding carboxylic acids is 1. The van der Waals surface area contributed by atoms with Crippen molar-refractivity contribution in [1.29, 1.82) is 0 Å². The number of amides is 1. The van der Waals surface area contributed by atoms with Crippen LogP contribution in [0.1, 0.15) is 10.4 Å². The minimum Gasteiger partial charge on any atom is -0.368 e. The van der Waals surface area contributed by atoms with Crippen LogP contribution < -0.4 is 4.90 Å². The molecule has 1 aromatic carbocycles. The van der Waals surface area contributed by atoms with Crippen molar-refractivity contribution in [3.63, 3.8) is 0 Å². The number of nitrogens with zero attached hydrogens (tertiary/aromatic N) is 3. The van der Waals surface area contributed by atoms with Crippen LogP contribution in [0.4, 0.5) is 5.69 Å². The first-order valence-corrected chi connectivity index (χ1v) is 10.1. The summed E-state index contributed by atoms with van der Waals surface area (Å²) in [6.45, 7) is 6.79. The molecule has 134 valence electrons. The van der Waals surface area contributed by atoms with Gasteiger partial charge in [0.15, 0.2) is 0 Å². The lowest BCUT2D eigenvalue weighted by Gasteiger charge is -2.36. The number of hydrogen-bond acceptors (Lipinski definition) is 4. The lowest BCUT2D eigenvalue weighted by molar-refractivity contribution is -0.132. The van der Waals surface area contributed by atoms with Gasteiger partial charge in [-0.15, -0.1) is 11.3 Å². The summed E-state index contributed by atoms with van der Waals surface area (Å²) in [6.07, 6.45) is 0. The number of benzene rings is 1. The smallest absolute Gasteiger partial charge is 0.236 e. The summed E-state index contributed by atoms with van der Waals surface area (Å²) in [5, 5.41) is 0. The van der Waals surface area contributed by atoms with Crippen molar-refractivity contribution in [1.82, 2.24) is 9.80 Å². The quantitative estimate of drug-likeness (QED) is 0.737. The van der Waals surface area contributed by atoms with Crippen molar-refractivity contribution in [2.45, 2.75) is 13.5 Å². The van der Waals surface area contributed by atoms with Crippen molar-refractivity contribution in [2.75, 3.05) is 44.7 Å². The van der Waals surface area contributed by atoms with E-state index < -0.39 is 0 Å². The minimum atomic E-state index is 0.224. The molecule has 3 rings (SSSR count). The maximum Gasteiger partial charge on any atom is 0.236 e. The Balaban J connectivity index is 1.48. The Morgan fingerprint density at radius 3 is 2.60 bits per heavy atom. The van der Waals surface area contributed by atoms with E-state index in [2.05, 4.69) is 69.1 Å². The summed E-state index contributed by atoms with van der Waals surface area (Å²) in [4.78, 5) is 20.3. The van der Waals surface area contributed by atoms with Gasteiger partial charge in [-0.3, -0.25) is 9.69 Å². The third kappa shape index (κ3) is 5.06. The molecule has 1 saturated heterocycles. The Morgan fingerprint density at radius 2 is 1.96 bits per heavy atom. The maximum atomic E-state index is 12.6. The van der Waals surface area contributed by atoms with Gasteiger partial charge in [-0.25, -0.2) is 0 Å². The number of piperazine rings is 1. The van der Waals surface area contributed by atoms with E-state index in [9.17, 15) is 4.79 Å². The second-order valence-electron chi connectivity index (χ2n) is 6.58. The molecule has 0 aliphatic carbocycles. The van der Waals surface area contributed by atoms with Crippen LogP contribution in [0.2, 0.25) is 0 Å². The molecular weight excluding hydrogens is 398 g/mol. The number of anilines is 1. The Bertz CT molecular complexity index is 725. The van der Waals surface area contributed by atoms with E-state index in [0.717, 1.165) is 36.5 Å². The van der Waals surface area contributed by atoms with Gasteiger partial charge in [0.2, 0.25) is 5.91 Å². The Labute approximate surface area is 162 Å². The fourth-order valence-corrected chi connectivity index (χ4v) is 4.69. The van der Waals surface area contributed by atoms with E-state index in [-0.39, 0.29) is 5.91 Å². The standard InChI is InChI=1S/C19H24BrN3OS/c1-15-4-3-5-16(12-15)22-8-10-23(11-9-22)19(24)14-21(2)13-17-6-7-18(20)25-17/h3-7,12H,8-11,13-14H2,1-2H3. The molecule has 2 aromatic rings. The van der Waals surface area contributed by atoms with Crippen LogP contribution in [0.15, 0.2) is 40.2 Å². The predicted molar refractivity (Wildman–Crippen MR) is 108 cm³/mol. The molecule has 0 atom stereocenters. The molecule has 1 fully saturated rings. The number of thiophene rings is 1. The number of likely N-dealkylation sites (N-methyl/N-ethyl adjacent to an activating group) is 1. The van der Waals surface area contributed by atoms with Crippen LogP contribution in [-0.4, -0.2) is 55.5 Å². The number of halogens is 1. The number of carbonyl (C=O) groups is 1. The molecule has 0 N–H and O–H groups in total. The zero-order valence-corrected chi connectivity index (χ0v) is 17.1. The summed E-state index contributed by atoms with van der Waals surface area (Å²) in [5.41, 5.74) is 2.53. The Kier molecular flexibility index (Phi) is 6.15. The van der Waals surface area contributed by atoms with Gasteiger partial charge < -0.3 is 9.80 Å². The molecule has 1 aromatic heterocycles. The summed E-state index contributed by atoms with van der Waals surface area (Å²) >= 11 is 5.21. The summed E-state index contributed by atoms with van der Waals surface area (Å²) < 4.78 is 1.13. The third-order valence-corrected chi connectivity index (χ3v) is 6.07. The molecule has 0 unspecified atom stereocenters. The molecule has 0 bridgehead atoms. The first-order chi connectivity index (χ1) is 12.0. The van der Waals surface area contributed by atoms with E-state index in [1.54, 1.807) is 11.3 Å². The fraction of sp³-hybridized carbons (Fsp3) is 0.421. The van der Waals surface area contributed by atoms with Gasteiger partial charge in [0.1, 0.15) is 0 Å². The highest BCUT2D eigenvalue weighted by molar-refractivity contribution is 9.11. The largest absolute Gasteiger partial charge is 0.368 e. The van der Waals surface area contributed by atoms with Crippen LogP contribution >= 0.6 is 27.3 Å². The van der Waals surface area contributed by atoms with Crippen molar-refractivity contribution in [3.05, 3.63) is 50.6 Å². The van der Waals surface area contributed by atoms with Crippen LogP contribution in [0, 0.1) is 6.92 Å². The minimum absolute atomic E-state index is 0.224. The van der Waals surface area contributed by atoms with E-state index in [1.807, 2.05) is 11.9 Å². The molecule has 25 heavy (non-hydrogen) atoms. The second kappa shape index (κ2) is 8.34. The molecule has 1 amide bonds. The van der Waals surface area contributed by atoms with E-state index >= 15 is 0 Å². The highest BCUT2D eigenvalue weighted by atomic mass is 79.9. The van der Waals surface area contributed by atoms with Gasteiger partial charge in [-0.1, -0.05) is 12.1 Å². The molecule has 4 nitrogen and oxygen atoms in total. The van der Waals surface area contributed by atoms with Gasteiger partial charge in [0.05, 0.1) is 10.3 Å². The lowest BCUT2D eigenvalue weighted by atomic mass is 10.2. The number of aryl methyl sites for hydroxylation is 1. The molecule has 0 spiro atoms. The average Bonchev–Trinajstić information content (AvgIpc) is 2.99. The average molecular weight is 422 g/mol. The number of hydrogen-bond donors (Lipinski definition) is 0. The van der Waals surface area contributed by atoms with Crippen molar-refractivity contribution >= 4 is 38.9 Å². The lowest BCUT2D eigenvalue weighted by Crippen LogP contribution is -2.51. The topological polar surface area (TPSA) is 26.8 Å². The third-order valence-electron chi connectivity index (χ3n) is 4.46. The molecule has 6 heteroatoms. The Morgan fingerprint density at radius 1 is 1.20 bits per heavy atom. The normalized spacial score (nSPS) is 15.0. The number of rotatable bonds is 5. The first-order valence-electron chi connectivity index (χ1n) is 8.53. The molecule has 0 saturated carbocycles. The van der Waals surface area contributed by atoms with Gasteiger partial charge in [-0.05, 0) is 59.7 Å². The van der Waals surface area contributed by atoms with Gasteiger partial charge in [-0.2, -0.15) is 0 Å². The van der Waals surface area contributed by atoms with E-state index in [4.69, 9.17) is 0 Å². The highest BCUT2D eigenvalue weighted by Gasteiger charge is 2.22. The van der Waals surface area contributed by atoms with Gasteiger partial charge in [0, 0.05) is 43.3 Å². The van der Waals surface area contributed by atoms with Crippen LogP contribution in [0.3, 0.4) is 0 Å². The highest BCUT2D eigenvalue weighted by Crippen LogP contribution is 2.23. The van der Waals surface area contributed by atoms with Gasteiger partial charge >= 0.3 is 0 Å². The zero-order chi connectivity index (χ0) is 17.8. The van der Waals surface area contributed by atoms with Crippen LogP contribution in [0.25, 0.3) is 0 Å². The van der Waals surface area contributed by atoms with Crippen molar-refractivity contribution in [3.8, 4) is 0 Å². The summed E-state index contributed by atoms with van der Waals surface area (Å²) in [5.74, 6) is 0.224. The van der Waals surface area contributed by atoms with Crippen LogP contribution in [-0.2, 0) is 11.3 Å². The monoisotopic (exact) mass is 421 g/mol. The summed E-state index contributed by atoms with van der Waals surface area (Å²) in [7, 11) is 2.01. The van der Waals surface area contributed by atoms with Crippen molar-refractivity contribution in [2.24, 2.45) is 0 Å². The molecular formula is C19H24BrN3OS. The fourth-order valence-electron chi connectivity index (χ4n) is 3.13. The van der Waals surface area contributed by atoms with Crippen LogP contribution in [0.5, 0.6) is 0 Å². The maximum absolute atomic E-state index is 12.6. The molecule has 2 heterocycles. The molecule has 1 aliphatic heterocycles. The van der Waals surface area contributed by atoms with Gasteiger partial charge in [0.25, 0.3) is 0 Å². The SMILES string of the molecule is Cc1cccc(N2CCN(C(=O)CN(C)Cc3ccc(Br)s3)CC2)c1. The first kappa shape index (κ1) is 18.4. The Hall–Kier alpha value is -1.37. The van der Waals surface area contributed by atoms with E-state index in [0.29, 0.717) is 6.54 Å². The molecule has 0 radical (unpaired) electrons.